The molecule has 0 aromatic heterocycles. The number of ether oxygens (including phenoxy) is 1. The third kappa shape index (κ3) is 9.02. The summed E-state index contributed by atoms with van der Waals surface area (Å²) in [5.41, 5.74) is 0.940. The van der Waals surface area contributed by atoms with E-state index < -0.39 is 17.2 Å². The number of halogens is 1. The maximum Gasteiger partial charge on any atom is 0.408 e. The average molecular weight is 574 g/mol. The first-order chi connectivity index (χ1) is 15.1. The zero-order chi connectivity index (χ0) is 23.8. The van der Waals surface area contributed by atoms with Gasteiger partial charge in [-0.2, -0.15) is 0 Å². The van der Waals surface area contributed by atoms with Crippen LogP contribution >= 0.6 is 24.0 Å². The standard InChI is InChI=1S/C24H39N5O3.HI/c1-7-24(8-2,29-22(31)32-23(4,5)6)16-27-21(25-9-3)26-15-17-14-20(30)28-19-13-11-10-12-18(17)19;/h10-13,17H,7-9,14-16H2,1-6H3,(H,28,30)(H,29,31)(H2,25,26,27);1H. The van der Waals surface area contributed by atoms with Gasteiger partial charge in [0.1, 0.15) is 5.60 Å². The smallest absolute Gasteiger partial charge is 0.408 e. The Balaban J connectivity index is 0.00000544. The van der Waals surface area contributed by atoms with Crippen molar-refractivity contribution >= 4 is 47.6 Å². The zero-order valence-electron chi connectivity index (χ0n) is 20.7. The van der Waals surface area contributed by atoms with Crippen LogP contribution in [0.15, 0.2) is 29.3 Å². The quantitative estimate of drug-likeness (QED) is 0.210. The van der Waals surface area contributed by atoms with Crippen LogP contribution in [0.2, 0.25) is 0 Å². The Morgan fingerprint density at radius 2 is 1.82 bits per heavy atom. The van der Waals surface area contributed by atoms with Crippen LogP contribution < -0.4 is 21.3 Å². The maximum absolute atomic E-state index is 12.4. The number of hydrogen-bond acceptors (Lipinski definition) is 4. The highest BCUT2D eigenvalue weighted by atomic mass is 127. The first-order valence-electron chi connectivity index (χ1n) is 11.5. The molecule has 2 amide bonds. The second-order valence-corrected chi connectivity index (χ2v) is 9.23. The molecule has 0 aliphatic carbocycles. The van der Waals surface area contributed by atoms with E-state index in [1.165, 1.54) is 0 Å². The van der Waals surface area contributed by atoms with Crippen molar-refractivity contribution in [3.63, 3.8) is 0 Å². The van der Waals surface area contributed by atoms with Crippen molar-refractivity contribution in [1.29, 1.82) is 0 Å². The Morgan fingerprint density at radius 3 is 2.42 bits per heavy atom. The lowest BCUT2D eigenvalue weighted by Crippen LogP contribution is -2.52. The molecule has 1 aliphatic heterocycles. The van der Waals surface area contributed by atoms with Gasteiger partial charge < -0.3 is 26.0 Å². The molecule has 4 N–H and O–H groups in total. The van der Waals surface area contributed by atoms with Crippen LogP contribution in [0.1, 0.15) is 72.3 Å². The Bertz CT molecular complexity index is 819. The summed E-state index contributed by atoms with van der Waals surface area (Å²) in [4.78, 5) is 29.3. The summed E-state index contributed by atoms with van der Waals surface area (Å²) in [6.07, 6.45) is 1.44. The van der Waals surface area contributed by atoms with Crippen LogP contribution in [0, 0.1) is 0 Å². The zero-order valence-corrected chi connectivity index (χ0v) is 23.0. The highest BCUT2D eigenvalue weighted by molar-refractivity contribution is 14.0. The summed E-state index contributed by atoms with van der Waals surface area (Å²) >= 11 is 0. The normalized spacial score (nSPS) is 16.1. The number of carbonyl (C=O) groups is 2. The van der Waals surface area contributed by atoms with E-state index >= 15 is 0 Å². The number of benzene rings is 1. The van der Waals surface area contributed by atoms with Crippen molar-refractivity contribution in [1.82, 2.24) is 16.0 Å². The molecule has 1 aromatic rings. The van der Waals surface area contributed by atoms with Crippen LogP contribution in [-0.4, -0.2) is 48.7 Å². The van der Waals surface area contributed by atoms with Crippen LogP contribution in [0.4, 0.5) is 10.5 Å². The topological polar surface area (TPSA) is 104 Å². The molecule has 1 atom stereocenters. The van der Waals surface area contributed by atoms with Gasteiger partial charge in [-0.25, -0.2) is 4.79 Å². The van der Waals surface area contributed by atoms with Gasteiger partial charge in [0, 0.05) is 31.1 Å². The highest BCUT2D eigenvalue weighted by Crippen LogP contribution is 2.31. The van der Waals surface area contributed by atoms with E-state index in [9.17, 15) is 9.59 Å². The number of guanidine groups is 1. The van der Waals surface area contributed by atoms with Gasteiger partial charge in [-0.3, -0.25) is 9.79 Å². The molecular formula is C24H40IN5O3. The number of carbonyl (C=O) groups excluding carboxylic acids is 2. The van der Waals surface area contributed by atoms with Gasteiger partial charge in [0.2, 0.25) is 5.91 Å². The number of aliphatic imine (C=N–C) groups is 1. The van der Waals surface area contributed by atoms with E-state index in [1.54, 1.807) is 0 Å². The van der Waals surface area contributed by atoms with Crippen LogP contribution in [0.25, 0.3) is 0 Å². The van der Waals surface area contributed by atoms with E-state index in [0.717, 1.165) is 24.1 Å². The number of nitrogens with zero attached hydrogens (tertiary/aromatic N) is 1. The predicted molar refractivity (Wildman–Crippen MR) is 145 cm³/mol. The molecular weight excluding hydrogens is 533 g/mol. The van der Waals surface area contributed by atoms with Gasteiger partial charge in [-0.15, -0.1) is 24.0 Å². The van der Waals surface area contributed by atoms with Gasteiger partial charge >= 0.3 is 6.09 Å². The van der Waals surface area contributed by atoms with E-state index in [2.05, 4.69) is 27.3 Å². The lowest BCUT2D eigenvalue weighted by atomic mass is 9.90. The van der Waals surface area contributed by atoms with Gasteiger partial charge in [-0.1, -0.05) is 32.0 Å². The minimum atomic E-state index is -0.556. The van der Waals surface area contributed by atoms with Crippen LogP contribution in [-0.2, 0) is 9.53 Å². The molecule has 0 fully saturated rings. The Labute approximate surface area is 215 Å². The molecule has 1 aliphatic rings. The fourth-order valence-corrected chi connectivity index (χ4v) is 3.69. The molecule has 0 saturated heterocycles. The number of rotatable bonds is 8. The third-order valence-electron chi connectivity index (χ3n) is 5.63. The minimum absolute atomic E-state index is 0. The Hall–Kier alpha value is -2.04. The summed E-state index contributed by atoms with van der Waals surface area (Å²) in [5, 5.41) is 12.6. The van der Waals surface area contributed by atoms with Gasteiger partial charge in [-0.05, 0) is 52.2 Å². The molecule has 1 aromatic carbocycles. The summed E-state index contributed by atoms with van der Waals surface area (Å²) in [7, 11) is 0. The lowest BCUT2D eigenvalue weighted by Gasteiger charge is -2.33. The predicted octanol–water partition coefficient (Wildman–Crippen LogP) is 4.37. The van der Waals surface area contributed by atoms with E-state index in [1.807, 2.05) is 59.7 Å². The molecule has 186 valence electrons. The molecule has 0 bridgehead atoms. The third-order valence-corrected chi connectivity index (χ3v) is 5.63. The second kappa shape index (κ2) is 13.0. The molecule has 8 nitrogen and oxygen atoms in total. The van der Waals surface area contributed by atoms with E-state index in [0.29, 0.717) is 32.0 Å². The highest BCUT2D eigenvalue weighted by Gasteiger charge is 2.31. The molecule has 1 unspecified atom stereocenters. The number of para-hydroxylation sites is 1. The van der Waals surface area contributed by atoms with Crippen molar-refractivity contribution in [3.8, 4) is 0 Å². The fourth-order valence-electron chi connectivity index (χ4n) is 3.69. The molecule has 9 heteroatoms. The van der Waals surface area contributed by atoms with E-state index in [4.69, 9.17) is 9.73 Å². The maximum atomic E-state index is 12.4. The summed E-state index contributed by atoms with van der Waals surface area (Å²) in [6.45, 7) is 13.3. The number of nitrogens with one attached hydrogen (secondary N) is 4. The molecule has 2 rings (SSSR count). The summed E-state index contributed by atoms with van der Waals surface area (Å²) < 4.78 is 5.45. The van der Waals surface area contributed by atoms with Crippen molar-refractivity contribution in [2.45, 2.75) is 77.9 Å². The largest absolute Gasteiger partial charge is 0.444 e. The van der Waals surface area contributed by atoms with Gasteiger partial charge in [0.25, 0.3) is 0 Å². The monoisotopic (exact) mass is 573 g/mol. The van der Waals surface area contributed by atoms with Crippen molar-refractivity contribution in [2.75, 3.05) is 25.0 Å². The molecule has 0 radical (unpaired) electrons. The summed E-state index contributed by atoms with van der Waals surface area (Å²) in [5.74, 6) is 0.744. The lowest BCUT2D eigenvalue weighted by molar-refractivity contribution is -0.116. The number of hydrogen-bond donors (Lipinski definition) is 4. The van der Waals surface area contributed by atoms with Crippen molar-refractivity contribution < 1.29 is 14.3 Å². The number of amides is 2. The SMILES string of the molecule is CCNC(=NCC(CC)(CC)NC(=O)OC(C)(C)C)NCC1CC(=O)Nc2ccccc21.I. The van der Waals surface area contributed by atoms with Gasteiger partial charge in [0.15, 0.2) is 5.96 Å². The molecule has 33 heavy (non-hydrogen) atoms. The van der Waals surface area contributed by atoms with Crippen LogP contribution in [0.5, 0.6) is 0 Å². The Morgan fingerprint density at radius 1 is 1.15 bits per heavy atom. The number of anilines is 1. The summed E-state index contributed by atoms with van der Waals surface area (Å²) in [6, 6.07) is 7.89. The second-order valence-electron chi connectivity index (χ2n) is 9.23. The number of alkyl carbamates (subject to hydrolysis) is 1. The fraction of sp³-hybridized carbons (Fsp3) is 0.625. The molecule has 0 saturated carbocycles. The number of fused-ring (bicyclic) bond motifs is 1. The van der Waals surface area contributed by atoms with Crippen molar-refractivity contribution in [3.05, 3.63) is 29.8 Å². The first-order valence-corrected chi connectivity index (χ1v) is 11.5. The molecule has 0 spiro atoms. The first kappa shape index (κ1) is 29.0. The van der Waals surface area contributed by atoms with Crippen molar-refractivity contribution in [2.24, 2.45) is 4.99 Å². The van der Waals surface area contributed by atoms with E-state index in [-0.39, 0.29) is 35.8 Å². The Kier molecular flexibility index (Phi) is 11.4. The van der Waals surface area contributed by atoms with Crippen LogP contribution in [0.3, 0.4) is 0 Å². The minimum Gasteiger partial charge on any atom is -0.444 e. The average Bonchev–Trinajstić information content (AvgIpc) is 2.73. The van der Waals surface area contributed by atoms with Gasteiger partial charge in [0.05, 0.1) is 12.1 Å². The molecule has 1 heterocycles.